The van der Waals surface area contributed by atoms with Crippen molar-refractivity contribution in [3.8, 4) is 11.8 Å². The van der Waals surface area contributed by atoms with E-state index in [0.717, 1.165) is 0 Å². The summed E-state index contributed by atoms with van der Waals surface area (Å²) in [6, 6.07) is 0. The SMILES string of the molecule is O=C(O)CSCC#CCCl. The molecule has 0 radical (unpaired) electrons. The van der Waals surface area contributed by atoms with E-state index in [0.29, 0.717) is 11.6 Å². The van der Waals surface area contributed by atoms with Gasteiger partial charge in [-0.3, -0.25) is 4.79 Å². The highest BCUT2D eigenvalue weighted by Crippen LogP contribution is 1.96. The molecule has 0 atom stereocenters. The minimum Gasteiger partial charge on any atom is -0.481 e. The third-order valence-electron chi connectivity index (χ3n) is 0.592. The van der Waals surface area contributed by atoms with Gasteiger partial charge in [-0.15, -0.1) is 23.4 Å². The lowest BCUT2D eigenvalue weighted by Crippen LogP contribution is -1.97. The fraction of sp³-hybridized carbons (Fsp3) is 0.500. The summed E-state index contributed by atoms with van der Waals surface area (Å²) in [4.78, 5) is 9.94. The Kier molecular flexibility index (Phi) is 6.56. The van der Waals surface area contributed by atoms with Crippen LogP contribution in [0.25, 0.3) is 0 Å². The van der Waals surface area contributed by atoms with Crippen LogP contribution in [0.1, 0.15) is 0 Å². The number of carboxylic acid groups (broad SMARTS) is 1. The molecule has 0 fully saturated rings. The van der Waals surface area contributed by atoms with Crippen molar-refractivity contribution in [2.75, 3.05) is 17.4 Å². The van der Waals surface area contributed by atoms with Crippen LogP contribution in [0.5, 0.6) is 0 Å². The van der Waals surface area contributed by atoms with Gasteiger partial charge in [0.05, 0.1) is 17.4 Å². The van der Waals surface area contributed by atoms with Gasteiger partial charge in [0.2, 0.25) is 0 Å². The van der Waals surface area contributed by atoms with E-state index >= 15 is 0 Å². The normalized spacial score (nSPS) is 8.10. The Morgan fingerprint density at radius 2 is 2.30 bits per heavy atom. The second kappa shape index (κ2) is 6.79. The second-order valence-electron chi connectivity index (χ2n) is 1.37. The van der Waals surface area contributed by atoms with E-state index in [1.54, 1.807) is 0 Å². The maximum absolute atomic E-state index is 9.94. The van der Waals surface area contributed by atoms with Gasteiger partial charge in [0, 0.05) is 0 Å². The predicted octanol–water partition coefficient (Wildman–Crippen LogP) is 1.05. The van der Waals surface area contributed by atoms with Crippen molar-refractivity contribution < 1.29 is 9.90 Å². The zero-order chi connectivity index (χ0) is 7.82. The van der Waals surface area contributed by atoms with Gasteiger partial charge in [0.25, 0.3) is 0 Å². The molecule has 0 unspecified atom stereocenters. The highest BCUT2D eigenvalue weighted by Gasteiger charge is 1.92. The van der Waals surface area contributed by atoms with Crippen molar-refractivity contribution in [3.63, 3.8) is 0 Å². The summed E-state index contributed by atoms with van der Waals surface area (Å²) >= 11 is 6.51. The first-order valence-electron chi connectivity index (χ1n) is 2.58. The molecule has 56 valence electrons. The van der Waals surface area contributed by atoms with Crippen LogP contribution < -0.4 is 0 Å². The Labute approximate surface area is 68.9 Å². The van der Waals surface area contributed by atoms with E-state index in [1.165, 1.54) is 11.8 Å². The molecule has 0 aliphatic rings. The van der Waals surface area contributed by atoms with Gasteiger partial charge in [-0.05, 0) is 0 Å². The quantitative estimate of drug-likeness (QED) is 0.399. The van der Waals surface area contributed by atoms with Crippen molar-refractivity contribution in [2.45, 2.75) is 0 Å². The second-order valence-corrected chi connectivity index (χ2v) is 2.63. The first-order valence-corrected chi connectivity index (χ1v) is 4.27. The van der Waals surface area contributed by atoms with E-state index < -0.39 is 5.97 Å². The molecule has 0 aromatic heterocycles. The van der Waals surface area contributed by atoms with Crippen LogP contribution >= 0.6 is 23.4 Å². The first kappa shape index (κ1) is 9.67. The van der Waals surface area contributed by atoms with Crippen molar-refractivity contribution in [1.82, 2.24) is 0 Å². The molecular weight excluding hydrogens is 172 g/mol. The van der Waals surface area contributed by atoms with Crippen LogP contribution in [-0.2, 0) is 4.79 Å². The predicted molar refractivity (Wildman–Crippen MR) is 43.5 cm³/mol. The lowest BCUT2D eigenvalue weighted by molar-refractivity contribution is -0.133. The summed E-state index contributed by atoms with van der Waals surface area (Å²) in [5.41, 5.74) is 0. The molecule has 0 aliphatic carbocycles. The molecule has 0 aromatic rings. The van der Waals surface area contributed by atoms with Crippen LogP contribution in [0.2, 0.25) is 0 Å². The van der Waals surface area contributed by atoms with E-state index in [-0.39, 0.29) is 5.75 Å². The molecule has 1 N–H and O–H groups in total. The van der Waals surface area contributed by atoms with Gasteiger partial charge in [0.15, 0.2) is 0 Å². The number of rotatable bonds is 3. The monoisotopic (exact) mass is 178 g/mol. The third kappa shape index (κ3) is 7.67. The average Bonchev–Trinajstić information content (AvgIpc) is 1.87. The highest BCUT2D eigenvalue weighted by atomic mass is 35.5. The zero-order valence-electron chi connectivity index (χ0n) is 5.26. The van der Waals surface area contributed by atoms with E-state index in [9.17, 15) is 4.79 Å². The molecule has 2 nitrogen and oxygen atoms in total. The maximum atomic E-state index is 9.94. The lowest BCUT2D eigenvalue weighted by Gasteiger charge is -1.87. The Morgan fingerprint density at radius 1 is 1.60 bits per heavy atom. The van der Waals surface area contributed by atoms with E-state index in [2.05, 4.69) is 11.8 Å². The summed E-state index contributed by atoms with van der Waals surface area (Å²) in [6.45, 7) is 0. The molecule has 10 heavy (non-hydrogen) atoms. The molecule has 4 heteroatoms. The number of hydrogen-bond donors (Lipinski definition) is 1. The van der Waals surface area contributed by atoms with Gasteiger partial charge >= 0.3 is 5.97 Å². The van der Waals surface area contributed by atoms with Crippen LogP contribution in [-0.4, -0.2) is 28.5 Å². The van der Waals surface area contributed by atoms with Gasteiger partial charge < -0.3 is 5.11 Å². The summed E-state index contributed by atoms with van der Waals surface area (Å²) in [5.74, 6) is 5.49. The minimum absolute atomic E-state index is 0.108. The van der Waals surface area contributed by atoms with Crippen LogP contribution in [0.15, 0.2) is 0 Å². The van der Waals surface area contributed by atoms with Crippen LogP contribution in [0.3, 0.4) is 0 Å². The number of carbonyl (C=O) groups is 1. The first-order chi connectivity index (χ1) is 4.77. The molecule has 0 bridgehead atoms. The molecule has 0 aromatic carbocycles. The number of hydrogen-bond acceptors (Lipinski definition) is 2. The average molecular weight is 179 g/mol. The fourth-order valence-electron chi connectivity index (χ4n) is 0.288. The summed E-state index contributed by atoms with van der Waals surface area (Å²) in [6.07, 6.45) is 0. The van der Waals surface area contributed by atoms with Crippen molar-refractivity contribution >= 4 is 29.3 Å². The summed E-state index contributed by atoms with van der Waals surface area (Å²) < 4.78 is 0. The highest BCUT2D eigenvalue weighted by molar-refractivity contribution is 8.00. The summed E-state index contributed by atoms with van der Waals surface area (Å²) in [5, 5.41) is 8.17. The van der Waals surface area contributed by atoms with Crippen LogP contribution in [0.4, 0.5) is 0 Å². The molecule has 0 saturated heterocycles. The molecule has 0 heterocycles. The Morgan fingerprint density at radius 3 is 2.80 bits per heavy atom. The van der Waals surface area contributed by atoms with Crippen molar-refractivity contribution in [2.24, 2.45) is 0 Å². The third-order valence-corrected chi connectivity index (χ3v) is 1.52. The number of halogens is 1. The Bertz CT molecular complexity index is 159. The molecule has 0 saturated carbocycles. The van der Waals surface area contributed by atoms with Gasteiger partial charge in [-0.25, -0.2) is 0 Å². The molecule has 0 rings (SSSR count). The van der Waals surface area contributed by atoms with Crippen molar-refractivity contribution in [3.05, 3.63) is 0 Å². The number of thioether (sulfide) groups is 1. The van der Waals surface area contributed by atoms with Gasteiger partial charge in [-0.1, -0.05) is 11.8 Å². The fourth-order valence-corrected chi connectivity index (χ4v) is 0.863. The van der Waals surface area contributed by atoms with E-state index in [1.807, 2.05) is 0 Å². The summed E-state index contributed by atoms with van der Waals surface area (Å²) in [7, 11) is 0. The molecular formula is C6H7ClO2S. The van der Waals surface area contributed by atoms with Crippen LogP contribution in [0, 0.1) is 11.8 Å². The lowest BCUT2D eigenvalue weighted by atomic mass is 10.7. The van der Waals surface area contributed by atoms with E-state index in [4.69, 9.17) is 16.7 Å². The molecule has 0 aliphatic heterocycles. The Hall–Kier alpha value is -0.330. The van der Waals surface area contributed by atoms with Gasteiger partial charge in [-0.2, -0.15) is 0 Å². The number of aliphatic carboxylic acids is 1. The molecule has 0 amide bonds. The number of carboxylic acids is 1. The van der Waals surface area contributed by atoms with Crippen molar-refractivity contribution in [1.29, 1.82) is 0 Å². The zero-order valence-corrected chi connectivity index (χ0v) is 6.84. The molecule has 0 spiro atoms. The Balaban J connectivity index is 3.13. The number of alkyl halides is 1. The minimum atomic E-state index is -0.808. The van der Waals surface area contributed by atoms with Gasteiger partial charge in [0.1, 0.15) is 0 Å². The maximum Gasteiger partial charge on any atom is 0.313 e. The topological polar surface area (TPSA) is 37.3 Å². The standard InChI is InChI=1S/C6H7ClO2S/c7-3-1-2-4-10-5-6(8)9/h3-5H2,(H,8,9). The smallest absolute Gasteiger partial charge is 0.313 e. The largest absolute Gasteiger partial charge is 0.481 e.